The number of nitrogens with two attached hydrogens (primary N) is 1. The highest BCUT2D eigenvalue weighted by Crippen LogP contribution is 2.30. The molecular weight excluding hydrogens is 330 g/mol. The van der Waals surface area contributed by atoms with Crippen molar-refractivity contribution in [2.24, 2.45) is 15.4 Å². The molecular formula is C11H11N5O6S. The number of sulfonamides is 1. The number of hydrogen-bond acceptors (Lipinski definition) is 8. The van der Waals surface area contributed by atoms with E-state index in [0.29, 0.717) is 0 Å². The fraction of sp³-hybridized carbons (Fsp3) is 0.182. The third-order valence-corrected chi connectivity index (χ3v) is 3.64. The molecule has 1 fully saturated rings. The summed E-state index contributed by atoms with van der Waals surface area (Å²) in [6.45, 7) is 0. The van der Waals surface area contributed by atoms with Gasteiger partial charge in [-0.3, -0.25) is 20.2 Å². The second-order valence-corrected chi connectivity index (χ2v) is 5.87. The summed E-state index contributed by atoms with van der Waals surface area (Å²) in [5.41, 5.74) is 0.0670. The Bertz CT molecular complexity index is 798. The van der Waals surface area contributed by atoms with Crippen molar-refractivity contribution in [2.75, 3.05) is 7.11 Å². The summed E-state index contributed by atoms with van der Waals surface area (Å²) in [6, 6.07) is 1.04. The van der Waals surface area contributed by atoms with Crippen LogP contribution in [-0.4, -0.2) is 39.4 Å². The number of carbonyl (C=O) groups excluding carboxylic acids is 3. The van der Waals surface area contributed by atoms with E-state index in [1.54, 1.807) is 0 Å². The van der Waals surface area contributed by atoms with Crippen LogP contribution in [0.25, 0.3) is 0 Å². The number of amides is 4. The molecule has 0 aromatic heterocycles. The van der Waals surface area contributed by atoms with Crippen molar-refractivity contribution < 1.29 is 27.5 Å². The minimum atomic E-state index is -3.93. The van der Waals surface area contributed by atoms with Crippen LogP contribution in [0, 0.1) is 0 Å². The molecule has 1 aromatic rings. The molecule has 11 nitrogen and oxygen atoms in total. The van der Waals surface area contributed by atoms with Gasteiger partial charge in [-0.05, 0) is 12.1 Å². The molecule has 12 heteroatoms. The van der Waals surface area contributed by atoms with Crippen LogP contribution in [0.2, 0.25) is 0 Å². The number of nitrogens with one attached hydrogen (secondary N) is 2. The Labute approximate surface area is 129 Å². The van der Waals surface area contributed by atoms with Crippen LogP contribution >= 0.6 is 0 Å². The zero-order valence-electron chi connectivity index (χ0n) is 11.6. The zero-order valence-corrected chi connectivity index (χ0v) is 12.5. The normalized spacial score (nSPS) is 16.3. The van der Waals surface area contributed by atoms with Crippen molar-refractivity contribution in [2.45, 2.75) is 10.9 Å². The molecule has 1 saturated heterocycles. The number of hydrogen-bond donors (Lipinski definition) is 3. The molecule has 0 unspecified atom stereocenters. The number of methoxy groups -OCH3 is 1. The quantitative estimate of drug-likeness (QED) is 0.476. The van der Waals surface area contributed by atoms with Gasteiger partial charge in [0.1, 0.15) is 11.4 Å². The van der Waals surface area contributed by atoms with E-state index in [0.717, 1.165) is 12.1 Å². The van der Waals surface area contributed by atoms with Crippen molar-refractivity contribution in [1.29, 1.82) is 0 Å². The van der Waals surface area contributed by atoms with Crippen molar-refractivity contribution in [3.05, 3.63) is 18.2 Å². The van der Waals surface area contributed by atoms with Gasteiger partial charge >= 0.3 is 6.03 Å². The number of imide groups is 2. The summed E-state index contributed by atoms with van der Waals surface area (Å²) in [6.07, 6.45) is 0. The average Bonchev–Trinajstić information content (AvgIpc) is 2.45. The maximum Gasteiger partial charge on any atom is 0.328 e. The molecule has 2 rings (SSSR count). The van der Waals surface area contributed by atoms with E-state index in [9.17, 15) is 22.8 Å². The van der Waals surface area contributed by atoms with Crippen LogP contribution in [0.5, 0.6) is 5.75 Å². The van der Waals surface area contributed by atoms with Gasteiger partial charge in [-0.1, -0.05) is 0 Å². The van der Waals surface area contributed by atoms with E-state index in [1.165, 1.54) is 13.2 Å². The molecule has 1 heterocycles. The molecule has 0 saturated carbocycles. The fourth-order valence-electron chi connectivity index (χ4n) is 1.65. The van der Waals surface area contributed by atoms with E-state index < -0.39 is 33.9 Å². The van der Waals surface area contributed by atoms with Crippen molar-refractivity contribution >= 4 is 33.6 Å². The summed E-state index contributed by atoms with van der Waals surface area (Å²) in [5.74, 6) is -1.83. The lowest BCUT2D eigenvalue weighted by Gasteiger charge is -2.16. The topological polar surface area (TPSA) is 169 Å². The molecule has 0 bridgehead atoms. The Kier molecular flexibility index (Phi) is 4.38. The molecule has 0 radical (unpaired) electrons. The Morgan fingerprint density at radius 3 is 2.30 bits per heavy atom. The molecule has 122 valence electrons. The van der Waals surface area contributed by atoms with Crippen LogP contribution in [0.3, 0.4) is 0 Å². The van der Waals surface area contributed by atoms with Gasteiger partial charge in [0.2, 0.25) is 16.1 Å². The number of barbiturate groups is 1. The number of primary sulfonamides is 1. The van der Waals surface area contributed by atoms with Crippen molar-refractivity contribution in [1.82, 2.24) is 10.6 Å². The maximum absolute atomic E-state index is 11.5. The lowest BCUT2D eigenvalue weighted by atomic mass is 10.2. The van der Waals surface area contributed by atoms with Gasteiger partial charge in [-0.15, -0.1) is 0 Å². The first-order valence-corrected chi connectivity index (χ1v) is 7.54. The Hall–Kier alpha value is -2.86. The highest BCUT2D eigenvalue weighted by Gasteiger charge is 2.34. The van der Waals surface area contributed by atoms with Gasteiger partial charge in [0.25, 0.3) is 11.8 Å². The smallest absolute Gasteiger partial charge is 0.328 e. The first kappa shape index (κ1) is 16.5. The minimum absolute atomic E-state index is 0.0213. The van der Waals surface area contributed by atoms with Crippen LogP contribution in [-0.2, 0) is 19.6 Å². The molecule has 1 aliphatic heterocycles. The van der Waals surface area contributed by atoms with E-state index in [2.05, 4.69) is 10.2 Å². The van der Waals surface area contributed by atoms with Crippen molar-refractivity contribution in [3.8, 4) is 5.75 Å². The number of azo groups is 1. The molecule has 0 spiro atoms. The van der Waals surface area contributed by atoms with E-state index in [1.807, 2.05) is 10.6 Å². The Morgan fingerprint density at radius 2 is 1.78 bits per heavy atom. The summed E-state index contributed by atoms with van der Waals surface area (Å²) < 4.78 is 27.5. The highest BCUT2D eigenvalue weighted by molar-refractivity contribution is 7.89. The monoisotopic (exact) mass is 341 g/mol. The SMILES string of the molecule is COc1cc(S(N)(=O)=O)ccc1N=NC1C(=O)NC(=O)NC1=O. The summed E-state index contributed by atoms with van der Waals surface area (Å²) >= 11 is 0. The van der Waals surface area contributed by atoms with Crippen LogP contribution < -0.4 is 20.5 Å². The van der Waals surface area contributed by atoms with Gasteiger partial charge in [0, 0.05) is 6.07 Å². The van der Waals surface area contributed by atoms with Gasteiger partial charge in [-0.25, -0.2) is 18.4 Å². The van der Waals surface area contributed by atoms with Crippen molar-refractivity contribution in [3.63, 3.8) is 0 Å². The maximum atomic E-state index is 11.5. The van der Waals surface area contributed by atoms with Gasteiger partial charge < -0.3 is 4.74 Å². The molecule has 1 aliphatic rings. The Balaban J connectivity index is 2.31. The standard InChI is InChI=1S/C11H11N5O6S/c1-22-7-4-5(23(12,20)21)2-3-6(7)15-16-8-9(17)13-11(19)14-10(8)18/h2-4,8H,1H3,(H2,12,20,21)(H2,13,14,17,18,19). The molecule has 4 amide bonds. The van der Waals surface area contributed by atoms with E-state index in [4.69, 9.17) is 9.88 Å². The number of carbonyl (C=O) groups is 3. The molecule has 0 atom stereocenters. The lowest BCUT2D eigenvalue weighted by Crippen LogP contribution is -2.57. The third-order valence-electron chi connectivity index (χ3n) is 2.73. The number of ether oxygens (including phenoxy) is 1. The number of benzene rings is 1. The third kappa shape index (κ3) is 3.67. The molecule has 0 aliphatic carbocycles. The van der Waals surface area contributed by atoms with Gasteiger partial charge in [-0.2, -0.15) is 10.2 Å². The second-order valence-electron chi connectivity index (χ2n) is 4.30. The number of nitrogens with zero attached hydrogens (tertiary/aromatic N) is 2. The van der Waals surface area contributed by atoms with Gasteiger partial charge in [0.15, 0.2) is 0 Å². The highest BCUT2D eigenvalue weighted by atomic mass is 32.2. The molecule has 4 N–H and O–H groups in total. The Morgan fingerprint density at radius 1 is 1.17 bits per heavy atom. The van der Waals surface area contributed by atoms with E-state index in [-0.39, 0.29) is 16.3 Å². The molecule has 23 heavy (non-hydrogen) atoms. The first-order valence-electron chi connectivity index (χ1n) is 6.00. The summed E-state index contributed by atoms with van der Waals surface area (Å²) in [5, 5.41) is 15.9. The van der Waals surface area contributed by atoms with Crippen LogP contribution in [0.4, 0.5) is 10.5 Å². The largest absolute Gasteiger partial charge is 0.494 e. The fourth-order valence-corrected chi connectivity index (χ4v) is 2.18. The average molecular weight is 341 g/mol. The number of rotatable bonds is 4. The molecule has 1 aromatic carbocycles. The van der Waals surface area contributed by atoms with Gasteiger partial charge in [0.05, 0.1) is 12.0 Å². The zero-order chi connectivity index (χ0) is 17.2. The van der Waals surface area contributed by atoms with E-state index >= 15 is 0 Å². The summed E-state index contributed by atoms with van der Waals surface area (Å²) in [4.78, 5) is 33.7. The second kappa shape index (κ2) is 6.10. The van der Waals surface area contributed by atoms with Crippen LogP contribution in [0.15, 0.2) is 33.3 Å². The lowest BCUT2D eigenvalue weighted by molar-refractivity contribution is -0.131. The predicted molar refractivity (Wildman–Crippen MR) is 74.4 cm³/mol. The predicted octanol–water partition coefficient (Wildman–Crippen LogP) is -0.839. The van der Waals surface area contributed by atoms with Crippen LogP contribution in [0.1, 0.15) is 0 Å². The number of urea groups is 1. The summed E-state index contributed by atoms with van der Waals surface area (Å²) in [7, 11) is -2.67. The first-order chi connectivity index (χ1) is 10.7. The minimum Gasteiger partial charge on any atom is -0.494 e.